The molecule has 9 nitrogen and oxygen atoms in total. The number of aliphatic hydroxyl groups excluding tert-OH is 1. The number of benzene rings is 1. The first kappa shape index (κ1) is 22.5. The van der Waals surface area contributed by atoms with E-state index in [-0.39, 0.29) is 18.0 Å². The van der Waals surface area contributed by atoms with Crippen molar-refractivity contribution in [2.24, 2.45) is 0 Å². The molecule has 4 atom stereocenters. The second-order valence-corrected chi connectivity index (χ2v) is 9.25. The maximum absolute atomic E-state index is 13.3. The monoisotopic (exact) mass is 439 g/mol. The lowest BCUT2D eigenvalue weighted by Crippen LogP contribution is -2.64. The smallest absolute Gasteiger partial charge is 0.326 e. The van der Waals surface area contributed by atoms with Crippen molar-refractivity contribution in [2.45, 2.75) is 55.8 Å². The fraction of sp³-hybridized carbons (Fsp3) is 0.550. The lowest BCUT2D eigenvalue weighted by atomic mass is 9.96. The summed E-state index contributed by atoms with van der Waals surface area (Å²) < 4.78 is 49.2. The van der Waals surface area contributed by atoms with E-state index in [1.54, 1.807) is 20.8 Å². The van der Waals surface area contributed by atoms with Gasteiger partial charge in [0, 0.05) is 6.54 Å². The Labute approximate surface area is 175 Å². The molecule has 2 aliphatic rings. The summed E-state index contributed by atoms with van der Waals surface area (Å²) in [5.41, 5.74) is 0. The predicted octanol–water partition coefficient (Wildman–Crippen LogP) is 0.516. The molecule has 2 unspecified atom stereocenters. The highest BCUT2D eigenvalue weighted by molar-refractivity contribution is 7.89. The van der Waals surface area contributed by atoms with Gasteiger partial charge in [0.25, 0.3) is 0 Å². The van der Waals surface area contributed by atoms with E-state index in [0.29, 0.717) is 5.75 Å². The van der Waals surface area contributed by atoms with E-state index >= 15 is 0 Å². The third-order valence-electron chi connectivity index (χ3n) is 4.91. The van der Waals surface area contributed by atoms with Crippen LogP contribution in [-0.2, 0) is 29.0 Å². The van der Waals surface area contributed by atoms with Gasteiger partial charge in [0.05, 0.1) is 12.0 Å². The van der Waals surface area contributed by atoms with Crippen molar-refractivity contribution in [1.82, 2.24) is 4.31 Å². The number of fused-ring (bicyclic) bond motifs is 1. The molecule has 0 radical (unpaired) electrons. The Kier molecular flexibility index (Phi) is 6.40. The van der Waals surface area contributed by atoms with E-state index in [2.05, 4.69) is 11.8 Å². The summed E-state index contributed by atoms with van der Waals surface area (Å²) in [6, 6.07) is 4.27. The summed E-state index contributed by atoms with van der Waals surface area (Å²) in [5.74, 6) is 4.00. The van der Waals surface area contributed by atoms with Crippen LogP contribution in [0.25, 0.3) is 0 Å². The number of nitrogens with zero attached hydrogens (tertiary/aromatic N) is 1. The Morgan fingerprint density at radius 1 is 1.30 bits per heavy atom. The third-order valence-corrected chi connectivity index (χ3v) is 6.77. The Bertz CT molecular complexity index is 947. The topological polar surface area (TPSA) is 112 Å². The van der Waals surface area contributed by atoms with Crippen molar-refractivity contribution in [3.8, 4) is 17.6 Å². The van der Waals surface area contributed by atoms with Crippen LogP contribution in [0.4, 0.5) is 0 Å². The molecule has 30 heavy (non-hydrogen) atoms. The molecular formula is C20H25NO8S. The van der Waals surface area contributed by atoms with Crippen LogP contribution in [-0.4, -0.2) is 74.2 Å². The molecule has 0 spiro atoms. The second-order valence-electron chi connectivity index (χ2n) is 7.36. The van der Waals surface area contributed by atoms with Crippen molar-refractivity contribution < 1.29 is 37.3 Å². The highest BCUT2D eigenvalue weighted by atomic mass is 32.2. The Balaban J connectivity index is 1.91. The minimum Gasteiger partial charge on any atom is -0.481 e. The fourth-order valence-corrected chi connectivity index (χ4v) is 5.20. The number of hydrogen-bond donors (Lipinski definition) is 1. The number of esters is 1. The molecule has 2 saturated heterocycles. The number of methoxy groups -OCH3 is 1. The SMILES string of the molecule is CC#CCOc1ccc(S(=O)(=O)N2CC3OC(C)(C)OC3[C@@H](O)[C@@H]2C(=O)OC)cc1. The van der Waals surface area contributed by atoms with E-state index in [1.807, 2.05) is 0 Å². The molecule has 1 aromatic rings. The van der Waals surface area contributed by atoms with Crippen LogP contribution < -0.4 is 4.74 Å². The van der Waals surface area contributed by atoms with Gasteiger partial charge in [-0.05, 0) is 45.0 Å². The molecule has 0 amide bonds. The molecule has 0 aliphatic carbocycles. The Morgan fingerprint density at radius 3 is 2.57 bits per heavy atom. The second kappa shape index (κ2) is 8.53. The standard InChI is InChI=1S/C20H25NO8S/c1-5-6-11-27-13-7-9-14(10-8-13)30(24,25)21-12-15-18(29-20(2,3)28-15)17(22)16(21)19(23)26-4/h7-10,15-18,22H,11-12H2,1-4H3/t15?,16-,17+,18?/m1/s1. The number of aliphatic hydroxyl groups is 1. The number of piperidine rings is 1. The Hall–Kier alpha value is -2.16. The number of ether oxygens (including phenoxy) is 4. The molecule has 164 valence electrons. The van der Waals surface area contributed by atoms with Gasteiger partial charge in [0.1, 0.15) is 30.7 Å². The molecule has 10 heteroatoms. The summed E-state index contributed by atoms with van der Waals surface area (Å²) in [4.78, 5) is 12.3. The van der Waals surface area contributed by atoms with Crippen molar-refractivity contribution in [1.29, 1.82) is 0 Å². The molecular weight excluding hydrogens is 414 g/mol. The molecule has 0 saturated carbocycles. The van der Waals surface area contributed by atoms with Crippen molar-refractivity contribution in [3.05, 3.63) is 24.3 Å². The van der Waals surface area contributed by atoms with Crippen LogP contribution in [0.1, 0.15) is 20.8 Å². The molecule has 0 aromatic heterocycles. The van der Waals surface area contributed by atoms with Gasteiger partial charge in [-0.15, -0.1) is 5.92 Å². The van der Waals surface area contributed by atoms with Crippen LogP contribution in [0.2, 0.25) is 0 Å². The van der Waals surface area contributed by atoms with E-state index in [4.69, 9.17) is 18.9 Å². The highest BCUT2D eigenvalue weighted by Gasteiger charge is 2.57. The van der Waals surface area contributed by atoms with E-state index in [0.717, 1.165) is 11.4 Å². The van der Waals surface area contributed by atoms with Crippen molar-refractivity contribution in [3.63, 3.8) is 0 Å². The number of sulfonamides is 1. The van der Waals surface area contributed by atoms with Gasteiger partial charge in [-0.2, -0.15) is 4.31 Å². The molecule has 2 aliphatic heterocycles. The quantitative estimate of drug-likeness (QED) is 0.522. The summed E-state index contributed by atoms with van der Waals surface area (Å²) in [6.45, 7) is 5.02. The zero-order valence-electron chi connectivity index (χ0n) is 17.2. The summed E-state index contributed by atoms with van der Waals surface area (Å²) in [5, 5.41) is 10.8. The van der Waals surface area contributed by atoms with Crippen LogP contribution in [0.3, 0.4) is 0 Å². The molecule has 0 bridgehead atoms. The van der Waals surface area contributed by atoms with Gasteiger partial charge in [-0.1, -0.05) is 5.92 Å². The number of hydrogen-bond acceptors (Lipinski definition) is 8. The number of rotatable bonds is 5. The van der Waals surface area contributed by atoms with Gasteiger partial charge >= 0.3 is 5.97 Å². The summed E-state index contributed by atoms with van der Waals surface area (Å²) >= 11 is 0. The van der Waals surface area contributed by atoms with Crippen LogP contribution in [0, 0.1) is 11.8 Å². The minimum atomic E-state index is -4.16. The van der Waals surface area contributed by atoms with Gasteiger partial charge in [-0.25, -0.2) is 8.42 Å². The first-order chi connectivity index (χ1) is 14.1. The van der Waals surface area contributed by atoms with Gasteiger partial charge in [0.2, 0.25) is 10.0 Å². The number of carbonyl (C=O) groups excluding carboxylic acids is 1. The average Bonchev–Trinajstić information content (AvgIpc) is 3.02. The largest absolute Gasteiger partial charge is 0.481 e. The number of carbonyl (C=O) groups is 1. The first-order valence-corrected chi connectivity index (χ1v) is 10.8. The lowest BCUT2D eigenvalue weighted by Gasteiger charge is -2.40. The van der Waals surface area contributed by atoms with Crippen molar-refractivity contribution in [2.75, 3.05) is 20.3 Å². The summed E-state index contributed by atoms with van der Waals surface area (Å²) in [7, 11) is -3.03. The van der Waals surface area contributed by atoms with E-state index in [1.165, 1.54) is 24.3 Å². The van der Waals surface area contributed by atoms with Gasteiger partial charge in [0.15, 0.2) is 11.8 Å². The maximum Gasteiger partial charge on any atom is 0.326 e. The van der Waals surface area contributed by atoms with E-state index < -0.39 is 46.1 Å². The van der Waals surface area contributed by atoms with Crippen molar-refractivity contribution >= 4 is 16.0 Å². The van der Waals surface area contributed by atoms with Gasteiger partial charge in [-0.3, -0.25) is 4.79 Å². The van der Waals surface area contributed by atoms with Crippen LogP contribution in [0.15, 0.2) is 29.2 Å². The third kappa shape index (κ3) is 4.31. The zero-order chi connectivity index (χ0) is 22.1. The Morgan fingerprint density at radius 2 is 1.97 bits per heavy atom. The fourth-order valence-electron chi connectivity index (χ4n) is 3.59. The molecule has 1 aromatic carbocycles. The maximum atomic E-state index is 13.3. The average molecular weight is 439 g/mol. The molecule has 1 N–H and O–H groups in total. The minimum absolute atomic E-state index is 0.0610. The van der Waals surface area contributed by atoms with Gasteiger partial charge < -0.3 is 24.1 Å². The highest BCUT2D eigenvalue weighted by Crippen LogP contribution is 2.38. The zero-order valence-corrected chi connectivity index (χ0v) is 18.0. The molecule has 3 rings (SSSR count). The van der Waals surface area contributed by atoms with Crippen LogP contribution in [0.5, 0.6) is 5.75 Å². The molecule has 2 heterocycles. The molecule has 2 fully saturated rings. The lowest BCUT2D eigenvalue weighted by molar-refractivity contribution is -0.164. The normalized spacial score (nSPS) is 28.2. The summed E-state index contributed by atoms with van der Waals surface area (Å²) in [6.07, 6.45) is -3.05. The predicted molar refractivity (Wildman–Crippen MR) is 105 cm³/mol. The van der Waals surface area contributed by atoms with Crippen LogP contribution >= 0.6 is 0 Å². The first-order valence-electron chi connectivity index (χ1n) is 9.36. The van der Waals surface area contributed by atoms with E-state index in [9.17, 15) is 18.3 Å².